The second-order valence-corrected chi connectivity index (χ2v) is 11.3. The van der Waals surface area contributed by atoms with Crippen LogP contribution in [0.1, 0.15) is 59.3 Å². The summed E-state index contributed by atoms with van der Waals surface area (Å²) in [6.07, 6.45) is -3.80. The summed E-state index contributed by atoms with van der Waals surface area (Å²) >= 11 is 0. The Kier molecular flexibility index (Phi) is 7.64. The van der Waals surface area contributed by atoms with Crippen LogP contribution < -0.4 is 10.6 Å². The van der Waals surface area contributed by atoms with Crippen LogP contribution in [0.2, 0.25) is 0 Å². The maximum absolute atomic E-state index is 13.8. The minimum absolute atomic E-state index is 0.0655. The number of nitrogens with one attached hydrogen (secondary N) is 2. The number of amides is 1. The lowest BCUT2D eigenvalue weighted by atomic mass is 9.92. The number of hydrogen-bond donors (Lipinski definition) is 4. The van der Waals surface area contributed by atoms with Crippen LogP contribution in [0.3, 0.4) is 0 Å². The van der Waals surface area contributed by atoms with Crippen LogP contribution in [0.4, 0.5) is 36.3 Å². The largest absolute Gasteiger partial charge is 0.421 e. The highest BCUT2D eigenvalue weighted by molar-refractivity contribution is 7.53. The molecule has 2 aromatic carbocycles. The average molecular weight is 575 g/mol. The molecular weight excluding hydrogens is 548 g/mol. The lowest BCUT2D eigenvalue weighted by molar-refractivity contribution is -0.137. The minimum atomic E-state index is -4.81. The van der Waals surface area contributed by atoms with E-state index in [-0.39, 0.29) is 42.1 Å². The molecule has 14 heteroatoms. The highest BCUT2D eigenvalue weighted by Crippen LogP contribution is 2.60. The first-order chi connectivity index (χ1) is 18.8. The van der Waals surface area contributed by atoms with Gasteiger partial charge in [0.2, 0.25) is 5.95 Å². The van der Waals surface area contributed by atoms with E-state index in [9.17, 15) is 37.6 Å². The summed E-state index contributed by atoms with van der Waals surface area (Å²) in [5.74, 6) is -1.24. The molecule has 3 aromatic rings. The lowest BCUT2D eigenvalue weighted by Gasteiger charge is -2.33. The number of carbonyl (C=O) groups excluding carboxylic acids is 1. The zero-order valence-electron chi connectivity index (χ0n) is 21.7. The summed E-state index contributed by atoms with van der Waals surface area (Å²) in [6, 6.07) is 10.9. The summed E-state index contributed by atoms with van der Waals surface area (Å²) in [5.41, 5.74) is 0.453. The van der Waals surface area contributed by atoms with Crippen molar-refractivity contribution in [2.75, 3.05) is 17.7 Å². The maximum atomic E-state index is 13.8. The van der Waals surface area contributed by atoms with Gasteiger partial charge < -0.3 is 25.3 Å². The van der Waals surface area contributed by atoms with Crippen LogP contribution in [0, 0.1) is 11.3 Å². The summed E-state index contributed by atoms with van der Waals surface area (Å²) in [6.45, 7) is 3.52. The number of halogens is 3. The zero-order valence-corrected chi connectivity index (χ0v) is 22.6. The predicted molar refractivity (Wildman–Crippen MR) is 141 cm³/mol. The van der Waals surface area contributed by atoms with Crippen LogP contribution in [0.15, 0.2) is 42.6 Å². The van der Waals surface area contributed by atoms with E-state index in [2.05, 4.69) is 20.6 Å². The highest BCUT2D eigenvalue weighted by atomic mass is 31.2. The summed E-state index contributed by atoms with van der Waals surface area (Å²) in [4.78, 5) is 41.9. The number of rotatable bonds is 8. The van der Waals surface area contributed by atoms with Gasteiger partial charge in [0.1, 0.15) is 11.4 Å². The Morgan fingerprint density at radius 3 is 2.30 bits per heavy atom. The van der Waals surface area contributed by atoms with E-state index >= 15 is 0 Å². The molecular formula is C26H26F3N6O4P. The fraction of sp³-hybridized carbons (Fsp3) is 0.308. The van der Waals surface area contributed by atoms with Crippen molar-refractivity contribution in [3.8, 4) is 6.07 Å². The molecule has 0 saturated carbocycles. The number of fused-ring (bicyclic) bond motifs is 1. The molecule has 0 saturated heterocycles. The lowest BCUT2D eigenvalue weighted by Crippen LogP contribution is -2.24. The first kappa shape index (κ1) is 29.0. The predicted octanol–water partition coefficient (Wildman–Crippen LogP) is 5.63. The third-order valence-electron chi connectivity index (χ3n) is 7.14. The number of carbonyl (C=O) groups is 1. The van der Waals surface area contributed by atoms with Crippen molar-refractivity contribution in [2.45, 2.75) is 44.6 Å². The van der Waals surface area contributed by atoms with Gasteiger partial charge in [-0.1, -0.05) is 26.0 Å². The van der Waals surface area contributed by atoms with Gasteiger partial charge in [-0.25, -0.2) is 4.98 Å². The molecule has 0 spiro atoms. The molecule has 4 rings (SSSR count). The monoisotopic (exact) mass is 574 g/mol. The van der Waals surface area contributed by atoms with Crippen molar-refractivity contribution in [1.29, 1.82) is 5.26 Å². The van der Waals surface area contributed by atoms with Crippen LogP contribution in [-0.2, 0) is 22.4 Å². The van der Waals surface area contributed by atoms with Crippen molar-refractivity contribution in [1.82, 2.24) is 14.9 Å². The molecule has 0 fully saturated rings. The van der Waals surface area contributed by atoms with Crippen molar-refractivity contribution in [3.63, 3.8) is 0 Å². The second kappa shape index (κ2) is 10.5. The molecule has 0 atom stereocenters. The number of anilines is 4. The van der Waals surface area contributed by atoms with Crippen LogP contribution in [0.5, 0.6) is 0 Å². The highest BCUT2D eigenvalue weighted by Gasteiger charge is 2.45. The maximum Gasteiger partial charge on any atom is 0.421 e. The van der Waals surface area contributed by atoms with E-state index in [1.54, 1.807) is 26.0 Å². The molecule has 1 aliphatic rings. The molecule has 1 aromatic heterocycles. The minimum Gasteiger partial charge on any atom is -0.339 e. The molecule has 0 aliphatic carbocycles. The summed E-state index contributed by atoms with van der Waals surface area (Å²) < 4.78 is 53.8. The van der Waals surface area contributed by atoms with Crippen molar-refractivity contribution >= 4 is 36.6 Å². The smallest absolute Gasteiger partial charge is 0.339 e. The molecule has 0 unspecified atom stereocenters. The number of nitriles is 1. The second-order valence-electron chi connectivity index (χ2n) is 9.35. The van der Waals surface area contributed by atoms with Crippen molar-refractivity contribution in [3.05, 3.63) is 70.4 Å². The quantitative estimate of drug-likeness (QED) is 0.251. The van der Waals surface area contributed by atoms with Gasteiger partial charge in [-0.15, -0.1) is 0 Å². The van der Waals surface area contributed by atoms with E-state index in [0.29, 0.717) is 23.0 Å². The third-order valence-corrected chi connectivity index (χ3v) is 9.15. The average Bonchev–Trinajstić information content (AvgIpc) is 3.19. The molecule has 0 bridgehead atoms. The number of benzene rings is 2. The summed E-state index contributed by atoms with van der Waals surface area (Å²) in [7, 11) is -2.97. The van der Waals surface area contributed by atoms with Gasteiger partial charge in [0, 0.05) is 31.0 Å². The van der Waals surface area contributed by atoms with Crippen LogP contribution in [0.25, 0.3) is 0 Å². The van der Waals surface area contributed by atoms with Crippen molar-refractivity contribution < 1.29 is 32.3 Å². The zero-order chi connectivity index (χ0) is 29.5. The third kappa shape index (κ3) is 5.13. The first-order valence-corrected chi connectivity index (χ1v) is 13.8. The Bertz CT molecular complexity index is 1550. The Balaban J connectivity index is 1.70. The number of aromatic nitrogens is 2. The van der Waals surface area contributed by atoms with Gasteiger partial charge in [-0.2, -0.15) is 23.4 Å². The standard InChI is InChI=1S/C26H26F3N6O4P/c1-4-25(5-2,40(37,38)39)16-7-9-17(10-8-16)32-24-31-13-19(26(27,28)29)22(34-24)33-20-11-6-15(12-30)18-14-35(3)23(36)21(18)20/h6-11,13H,4-5,14H2,1-3H3,(H2,37,38,39)(H2,31,32,33,34). The fourth-order valence-corrected chi connectivity index (χ4v) is 6.18. The summed E-state index contributed by atoms with van der Waals surface area (Å²) in [5, 5.41) is 13.5. The van der Waals surface area contributed by atoms with Gasteiger partial charge >= 0.3 is 13.8 Å². The molecule has 10 nitrogen and oxygen atoms in total. The molecule has 2 heterocycles. The SMILES string of the molecule is CCC(CC)(c1ccc(Nc2ncc(C(F)(F)F)c(Nc3ccc(C#N)c4c3C(=O)N(C)C4)n2)cc1)P(=O)(O)O. The van der Waals surface area contributed by atoms with Crippen LogP contribution in [-0.4, -0.2) is 37.6 Å². The number of nitrogens with zero attached hydrogens (tertiary/aromatic N) is 4. The van der Waals surface area contributed by atoms with E-state index in [4.69, 9.17) is 0 Å². The molecule has 210 valence electrons. The molecule has 40 heavy (non-hydrogen) atoms. The topological polar surface area (TPSA) is 151 Å². The number of hydrogen-bond acceptors (Lipinski definition) is 7. The van der Waals surface area contributed by atoms with E-state index in [0.717, 1.165) is 0 Å². The molecule has 1 amide bonds. The Morgan fingerprint density at radius 2 is 1.75 bits per heavy atom. The van der Waals surface area contributed by atoms with Gasteiger partial charge in [0.15, 0.2) is 0 Å². The van der Waals surface area contributed by atoms with Crippen molar-refractivity contribution in [2.24, 2.45) is 0 Å². The Morgan fingerprint density at radius 1 is 1.10 bits per heavy atom. The Labute approximate surface area is 228 Å². The Hall–Kier alpha value is -3.98. The van der Waals surface area contributed by atoms with Gasteiger partial charge in [0.25, 0.3) is 5.91 Å². The van der Waals surface area contributed by atoms with Gasteiger partial charge in [-0.3, -0.25) is 9.36 Å². The van der Waals surface area contributed by atoms with E-state index in [1.807, 2.05) is 6.07 Å². The van der Waals surface area contributed by atoms with E-state index in [1.165, 1.54) is 36.2 Å². The van der Waals surface area contributed by atoms with Crippen LogP contribution >= 0.6 is 7.60 Å². The first-order valence-electron chi connectivity index (χ1n) is 12.2. The number of alkyl halides is 3. The van der Waals surface area contributed by atoms with Gasteiger partial charge in [-0.05, 0) is 42.7 Å². The fourth-order valence-electron chi connectivity index (χ4n) is 4.87. The molecule has 0 radical (unpaired) electrons. The molecule has 1 aliphatic heterocycles. The molecule has 4 N–H and O–H groups in total. The normalized spacial score (nSPS) is 13.7. The van der Waals surface area contributed by atoms with Gasteiger partial charge in [0.05, 0.1) is 28.0 Å². The van der Waals surface area contributed by atoms with E-state index < -0.39 is 36.2 Å².